The first-order chi connectivity index (χ1) is 18.0. The number of Topliss-reactive ketones (excluding diaryl/α,β-unsaturated/α-hetero) is 1. The van der Waals surface area contributed by atoms with Gasteiger partial charge in [-0.3, -0.25) is 4.79 Å². The molecule has 0 fully saturated rings. The van der Waals surface area contributed by atoms with E-state index in [4.69, 9.17) is 10.5 Å². The summed E-state index contributed by atoms with van der Waals surface area (Å²) < 4.78 is 46.6. The highest BCUT2D eigenvalue weighted by Gasteiger charge is 2.26. The summed E-state index contributed by atoms with van der Waals surface area (Å²) in [5, 5.41) is 9.16. The van der Waals surface area contributed by atoms with Crippen LogP contribution < -0.4 is 10.5 Å². The van der Waals surface area contributed by atoms with E-state index in [1.54, 1.807) is 0 Å². The molecule has 0 atom stereocenters. The summed E-state index contributed by atoms with van der Waals surface area (Å²) >= 11 is 0. The van der Waals surface area contributed by atoms with E-state index in [0.29, 0.717) is 11.3 Å². The van der Waals surface area contributed by atoms with E-state index in [1.807, 2.05) is 32.9 Å². The number of sulfone groups is 1. The maximum absolute atomic E-state index is 14.7. The first-order valence-electron chi connectivity index (χ1n) is 11.6. The highest BCUT2D eigenvalue weighted by atomic mass is 32.2. The van der Waals surface area contributed by atoms with Crippen LogP contribution in [0.25, 0.3) is 11.3 Å². The average Bonchev–Trinajstić information content (AvgIpc) is 2.86. The largest absolute Gasteiger partial charge is 0.438 e. The fourth-order valence-electron chi connectivity index (χ4n) is 4.10. The van der Waals surface area contributed by atoms with Gasteiger partial charge in [-0.1, -0.05) is 29.8 Å². The van der Waals surface area contributed by atoms with Gasteiger partial charge in [0.25, 0.3) is 0 Å². The maximum atomic E-state index is 14.7. The Labute approximate surface area is 219 Å². The van der Waals surface area contributed by atoms with E-state index in [9.17, 15) is 22.7 Å². The molecule has 0 aliphatic rings. The van der Waals surface area contributed by atoms with E-state index in [0.717, 1.165) is 16.7 Å². The van der Waals surface area contributed by atoms with Gasteiger partial charge in [0.2, 0.25) is 15.7 Å². The number of nitrogens with zero attached hydrogens (tertiary/aromatic N) is 2. The van der Waals surface area contributed by atoms with E-state index >= 15 is 0 Å². The number of ether oxygens (including phenoxy) is 1. The summed E-state index contributed by atoms with van der Waals surface area (Å²) in [6, 6.07) is 14.8. The number of halogens is 1. The van der Waals surface area contributed by atoms with Gasteiger partial charge < -0.3 is 15.6 Å². The van der Waals surface area contributed by atoms with Crippen molar-refractivity contribution in [2.24, 2.45) is 0 Å². The normalized spacial score (nSPS) is 11.4. The van der Waals surface area contributed by atoms with Gasteiger partial charge in [0.1, 0.15) is 23.1 Å². The molecule has 10 heteroatoms. The molecule has 8 nitrogen and oxygen atoms in total. The number of carbonyl (C=O) groups is 1. The molecular formula is C28H26FN3O5S. The van der Waals surface area contributed by atoms with Crippen molar-refractivity contribution in [2.75, 3.05) is 11.5 Å². The highest BCUT2D eigenvalue weighted by molar-refractivity contribution is 7.92. The Morgan fingerprint density at radius 2 is 1.71 bits per heavy atom. The predicted molar refractivity (Wildman–Crippen MR) is 141 cm³/mol. The lowest BCUT2D eigenvalue weighted by Crippen LogP contribution is -2.19. The standard InChI is InChI=1S/C28H26FN3O5S/c1-16-11-17(2)27(18(3)12-16)37-28-20(24(34)15-38(35,36)26-6-4-5-25(30)32-26)8-10-23(31-28)21-13-19(14-33)7-9-22(21)29/h4-13,33H,14-15H2,1-3H3,(H2,30,32). The second kappa shape index (κ2) is 10.7. The number of rotatable bonds is 8. The average molecular weight is 536 g/mol. The Bertz CT molecular complexity index is 1630. The summed E-state index contributed by atoms with van der Waals surface area (Å²) in [5.74, 6) is -1.99. The van der Waals surface area contributed by atoms with Crippen LogP contribution in [0.5, 0.6) is 11.6 Å². The zero-order chi connectivity index (χ0) is 27.6. The molecule has 0 saturated heterocycles. The summed E-state index contributed by atoms with van der Waals surface area (Å²) in [6.45, 7) is 5.30. The number of aryl methyl sites for hydroxylation is 3. The lowest BCUT2D eigenvalue weighted by Gasteiger charge is -2.16. The monoisotopic (exact) mass is 535 g/mol. The minimum atomic E-state index is -4.13. The second-order valence-corrected chi connectivity index (χ2v) is 10.9. The zero-order valence-electron chi connectivity index (χ0n) is 21.0. The van der Waals surface area contributed by atoms with Crippen molar-refractivity contribution >= 4 is 21.4 Å². The molecule has 38 heavy (non-hydrogen) atoms. The fourth-order valence-corrected chi connectivity index (χ4v) is 5.28. The van der Waals surface area contributed by atoms with Crippen LogP contribution in [0.2, 0.25) is 0 Å². The molecule has 0 spiro atoms. The van der Waals surface area contributed by atoms with Gasteiger partial charge in [0.05, 0.1) is 17.9 Å². The van der Waals surface area contributed by atoms with Crippen LogP contribution >= 0.6 is 0 Å². The third-order valence-electron chi connectivity index (χ3n) is 5.84. The Balaban J connectivity index is 1.81. The number of nitrogens with two attached hydrogens (primary N) is 1. The predicted octanol–water partition coefficient (Wildman–Crippen LogP) is 4.73. The van der Waals surface area contributed by atoms with Gasteiger partial charge in [-0.2, -0.15) is 0 Å². The Morgan fingerprint density at radius 3 is 2.37 bits per heavy atom. The van der Waals surface area contributed by atoms with Crippen molar-refractivity contribution in [1.29, 1.82) is 0 Å². The van der Waals surface area contributed by atoms with E-state index in [2.05, 4.69) is 9.97 Å². The number of aliphatic hydroxyl groups is 1. The van der Waals surface area contributed by atoms with Crippen LogP contribution in [0.1, 0.15) is 32.6 Å². The second-order valence-electron chi connectivity index (χ2n) is 8.93. The van der Waals surface area contributed by atoms with Gasteiger partial charge in [0.15, 0.2) is 10.8 Å². The SMILES string of the molecule is Cc1cc(C)c(Oc2nc(-c3cc(CO)ccc3F)ccc2C(=O)CS(=O)(=O)c2cccc(N)n2)c(C)c1. The number of carbonyl (C=O) groups excluding carboxylic acids is 1. The molecule has 0 saturated carbocycles. The van der Waals surface area contributed by atoms with Crippen molar-refractivity contribution in [1.82, 2.24) is 9.97 Å². The maximum Gasteiger partial charge on any atom is 0.230 e. The number of nitrogen functional groups attached to an aromatic ring is 1. The molecule has 0 aliphatic carbocycles. The number of pyridine rings is 2. The van der Waals surface area contributed by atoms with Gasteiger partial charge in [-0.15, -0.1) is 0 Å². The van der Waals surface area contributed by atoms with Crippen molar-refractivity contribution in [3.05, 3.63) is 94.3 Å². The van der Waals surface area contributed by atoms with Crippen molar-refractivity contribution < 1.29 is 27.4 Å². The third-order valence-corrected chi connectivity index (χ3v) is 7.35. The van der Waals surface area contributed by atoms with Crippen LogP contribution in [-0.4, -0.2) is 35.0 Å². The number of ketones is 1. The van der Waals surface area contributed by atoms with Gasteiger partial charge in [0, 0.05) is 5.56 Å². The minimum absolute atomic E-state index is 0.00558. The number of anilines is 1. The van der Waals surface area contributed by atoms with Crippen molar-refractivity contribution in [2.45, 2.75) is 32.4 Å². The smallest absolute Gasteiger partial charge is 0.230 e. The summed E-state index contributed by atoms with van der Waals surface area (Å²) in [5.41, 5.74) is 8.78. The first kappa shape index (κ1) is 26.9. The number of aliphatic hydroxyl groups excluding tert-OH is 1. The molecular weight excluding hydrogens is 509 g/mol. The number of hydrogen-bond acceptors (Lipinski definition) is 8. The van der Waals surface area contributed by atoms with Gasteiger partial charge >= 0.3 is 0 Å². The first-order valence-corrected chi connectivity index (χ1v) is 13.3. The van der Waals surface area contributed by atoms with E-state index < -0.39 is 27.2 Å². The molecule has 4 rings (SSSR count). The van der Waals surface area contributed by atoms with Crippen LogP contribution in [0.3, 0.4) is 0 Å². The molecule has 2 aromatic heterocycles. The summed E-state index contributed by atoms with van der Waals surface area (Å²) in [7, 11) is -4.13. The topological polar surface area (TPSA) is 132 Å². The van der Waals surface area contributed by atoms with Crippen LogP contribution in [0.15, 0.2) is 65.7 Å². The lowest BCUT2D eigenvalue weighted by molar-refractivity contribution is 0.101. The van der Waals surface area contributed by atoms with Crippen molar-refractivity contribution in [3.8, 4) is 22.9 Å². The molecule has 0 unspecified atom stereocenters. The quantitative estimate of drug-likeness (QED) is 0.310. The molecule has 3 N–H and O–H groups in total. The molecule has 0 amide bonds. The summed E-state index contributed by atoms with van der Waals surface area (Å²) in [4.78, 5) is 21.5. The number of hydrogen-bond donors (Lipinski definition) is 2. The molecule has 0 aliphatic heterocycles. The van der Waals surface area contributed by atoms with E-state index in [1.165, 1.54) is 48.5 Å². The van der Waals surface area contributed by atoms with Crippen LogP contribution in [0, 0.1) is 26.6 Å². The molecule has 0 bridgehead atoms. The van der Waals surface area contributed by atoms with E-state index in [-0.39, 0.29) is 40.2 Å². The van der Waals surface area contributed by atoms with Gasteiger partial charge in [-0.05, 0) is 73.9 Å². The molecule has 196 valence electrons. The molecule has 4 aromatic rings. The molecule has 2 aromatic carbocycles. The highest BCUT2D eigenvalue weighted by Crippen LogP contribution is 2.33. The molecule has 2 heterocycles. The molecule has 0 radical (unpaired) electrons. The number of benzene rings is 2. The fraction of sp³-hybridized carbons (Fsp3) is 0.179. The third kappa shape index (κ3) is 5.71. The van der Waals surface area contributed by atoms with Crippen LogP contribution in [0.4, 0.5) is 10.2 Å². The lowest BCUT2D eigenvalue weighted by atomic mass is 10.0. The van der Waals surface area contributed by atoms with Crippen molar-refractivity contribution in [3.63, 3.8) is 0 Å². The van der Waals surface area contributed by atoms with Gasteiger partial charge in [-0.25, -0.2) is 22.8 Å². The Hall–Kier alpha value is -4.15. The number of aromatic nitrogens is 2. The van der Waals surface area contributed by atoms with Crippen LogP contribution in [-0.2, 0) is 16.4 Å². The zero-order valence-corrected chi connectivity index (χ0v) is 21.8. The Morgan fingerprint density at radius 1 is 1.00 bits per heavy atom. The Kier molecular flexibility index (Phi) is 7.56. The minimum Gasteiger partial charge on any atom is -0.438 e. The summed E-state index contributed by atoms with van der Waals surface area (Å²) in [6.07, 6.45) is 0.